The molecule has 0 radical (unpaired) electrons. The molecular weight excluding hydrogens is 214 g/mol. The molecule has 1 aromatic heterocycles. The summed E-state index contributed by atoms with van der Waals surface area (Å²) in [5.41, 5.74) is 2.43. The van der Waals surface area contributed by atoms with Gasteiger partial charge in [-0.2, -0.15) is 0 Å². The summed E-state index contributed by atoms with van der Waals surface area (Å²) in [6, 6.07) is 4.25. The van der Waals surface area contributed by atoms with Gasteiger partial charge in [-0.05, 0) is 62.1 Å². The van der Waals surface area contributed by atoms with Gasteiger partial charge in [0, 0.05) is 18.3 Å². The van der Waals surface area contributed by atoms with Crippen molar-refractivity contribution in [3.63, 3.8) is 0 Å². The van der Waals surface area contributed by atoms with Crippen molar-refractivity contribution in [2.45, 2.75) is 44.9 Å². The molecule has 0 spiro atoms. The first-order valence-electron chi connectivity index (χ1n) is 6.29. The summed E-state index contributed by atoms with van der Waals surface area (Å²) in [7, 11) is 0. The van der Waals surface area contributed by atoms with E-state index in [1.807, 2.05) is 13.1 Å². The number of aliphatic carboxylic acids is 1. The molecule has 2 rings (SSSR count). The minimum absolute atomic E-state index is 0.335. The van der Waals surface area contributed by atoms with Gasteiger partial charge in [-0.1, -0.05) is 0 Å². The van der Waals surface area contributed by atoms with E-state index in [4.69, 9.17) is 5.11 Å². The van der Waals surface area contributed by atoms with E-state index in [0.29, 0.717) is 18.3 Å². The first kappa shape index (κ1) is 12.1. The lowest BCUT2D eigenvalue weighted by Crippen LogP contribution is -2.16. The van der Waals surface area contributed by atoms with Crippen molar-refractivity contribution >= 4 is 5.97 Å². The van der Waals surface area contributed by atoms with Gasteiger partial charge in [0.1, 0.15) is 0 Å². The highest BCUT2D eigenvalue weighted by Crippen LogP contribution is 2.36. The summed E-state index contributed by atoms with van der Waals surface area (Å²) in [5, 5.41) is 8.78. The molecule has 17 heavy (non-hydrogen) atoms. The second kappa shape index (κ2) is 5.30. The average Bonchev–Trinajstić information content (AvgIpc) is 2.29. The van der Waals surface area contributed by atoms with Crippen molar-refractivity contribution in [1.29, 1.82) is 0 Å². The maximum atomic E-state index is 10.7. The van der Waals surface area contributed by atoms with Crippen LogP contribution >= 0.6 is 0 Å². The van der Waals surface area contributed by atoms with Crippen molar-refractivity contribution < 1.29 is 9.90 Å². The van der Waals surface area contributed by atoms with Gasteiger partial charge >= 0.3 is 5.97 Å². The molecule has 92 valence electrons. The van der Waals surface area contributed by atoms with E-state index in [1.54, 1.807) is 0 Å². The number of aromatic nitrogens is 1. The SMILES string of the molecule is Cc1cc(C2CCC(CC(=O)O)CC2)ccn1. The largest absolute Gasteiger partial charge is 0.481 e. The summed E-state index contributed by atoms with van der Waals surface area (Å²) in [6.07, 6.45) is 6.51. The molecule has 0 saturated heterocycles. The average molecular weight is 233 g/mol. The second-order valence-corrected chi connectivity index (χ2v) is 5.05. The first-order valence-corrected chi connectivity index (χ1v) is 6.29. The molecule has 3 nitrogen and oxygen atoms in total. The fourth-order valence-corrected chi connectivity index (χ4v) is 2.77. The van der Waals surface area contributed by atoms with Crippen molar-refractivity contribution in [2.24, 2.45) is 5.92 Å². The molecule has 1 fully saturated rings. The van der Waals surface area contributed by atoms with Gasteiger partial charge in [0.25, 0.3) is 0 Å². The second-order valence-electron chi connectivity index (χ2n) is 5.05. The van der Waals surface area contributed by atoms with E-state index in [2.05, 4.69) is 17.1 Å². The number of carboxylic acid groups (broad SMARTS) is 1. The smallest absolute Gasteiger partial charge is 0.303 e. The minimum atomic E-state index is -0.659. The fraction of sp³-hybridized carbons (Fsp3) is 0.571. The van der Waals surface area contributed by atoms with Gasteiger partial charge in [-0.3, -0.25) is 9.78 Å². The topological polar surface area (TPSA) is 50.2 Å². The summed E-state index contributed by atoms with van der Waals surface area (Å²) >= 11 is 0. The van der Waals surface area contributed by atoms with Crippen LogP contribution < -0.4 is 0 Å². The lowest BCUT2D eigenvalue weighted by molar-refractivity contribution is -0.138. The maximum Gasteiger partial charge on any atom is 0.303 e. The molecule has 0 unspecified atom stereocenters. The predicted molar refractivity (Wildman–Crippen MR) is 65.9 cm³/mol. The van der Waals surface area contributed by atoms with Gasteiger partial charge in [-0.25, -0.2) is 0 Å². The van der Waals surface area contributed by atoms with Crippen LogP contribution in [0.2, 0.25) is 0 Å². The molecule has 1 aromatic rings. The van der Waals surface area contributed by atoms with Gasteiger partial charge in [0.05, 0.1) is 0 Å². The van der Waals surface area contributed by atoms with Crippen molar-refractivity contribution in [2.75, 3.05) is 0 Å². The van der Waals surface area contributed by atoms with Gasteiger partial charge in [0.15, 0.2) is 0 Å². The Balaban J connectivity index is 1.93. The zero-order valence-corrected chi connectivity index (χ0v) is 10.2. The molecular formula is C14H19NO2. The maximum absolute atomic E-state index is 10.7. The summed E-state index contributed by atoms with van der Waals surface area (Å²) in [5.74, 6) is 0.321. The van der Waals surface area contributed by atoms with E-state index in [1.165, 1.54) is 5.56 Å². The number of carboxylic acids is 1. The van der Waals surface area contributed by atoms with E-state index in [0.717, 1.165) is 31.4 Å². The molecule has 0 amide bonds. The Labute approximate surface area is 102 Å². The minimum Gasteiger partial charge on any atom is -0.481 e. The predicted octanol–water partition coefficient (Wildman–Crippen LogP) is 3.14. The van der Waals surface area contributed by atoms with E-state index in [9.17, 15) is 4.79 Å². The summed E-state index contributed by atoms with van der Waals surface area (Å²) in [6.45, 7) is 2.01. The molecule has 1 aliphatic carbocycles. The van der Waals surface area contributed by atoms with Crippen LogP contribution in [-0.4, -0.2) is 16.1 Å². The van der Waals surface area contributed by atoms with Crippen LogP contribution in [-0.2, 0) is 4.79 Å². The van der Waals surface area contributed by atoms with Crippen LogP contribution in [0.25, 0.3) is 0 Å². The quantitative estimate of drug-likeness (QED) is 0.872. The molecule has 0 atom stereocenters. The Kier molecular flexibility index (Phi) is 3.77. The van der Waals surface area contributed by atoms with Crippen molar-refractivity contribution in [3.8, 4) is 0 Å². The number of pyridine rings is 1. The van der Waals surface area contributed by atoms with Crippen LogP contribution in [0, 0.1) is 12.8 Å². The molecule has 1 saturated carbocycles. The fourth-order valence-electron chi connectivity index (χ4n) is 2.77. The summed E-state index contributed by atoms with van der Waals surface area (Å²) < 4.78 is 0. The number of hydrogen-bond acceptors (Lipinski definition) is 2. The third-order valence-electron chi connectivity index (χ3n) is 3.70. The van der Waals surface area contributed by atoms with Crippen LogP contribution in [0.1, 0.15) is 49.3 Å². The number of hydrogen-bond donors (Lipinski definition) is 1. The first-order chi connectivity index (χ1) is 8.15. The Morgan fingerprint density at radius 1 is 1.41 bits per heavy atom. The van der Waals surface area contributed by atoms with E-state index >= 15 is 0 Å². The summed E-state index contributed by atoms with van der Waals surface area (Å²) in [4.78, 5) is 14.9. The van der Waals surface area contributed by atoms with Crippen LogP contribution in [0.5, 0.6) is 0 Å². The van der Waals surface area contributed by atoms with Gasteiger partial charge < -0.3 is 5.11 Å². The molecule has 0 aliphatic heterocycles. The zero-order chi connectivity index (χ0) is 12.3. The van der Waals surface area contributed by atoms with Crippen molar-refractivity contribution in [1.82, 2.24) is 4.98 Å². The number of rotatable bonds is 3. The van der Waals surface area contributed by atoms with E-state index in [-0.39, 0.29) is 0 Å². The van der Waals surface area contributed by atoms with Crippen LogP contribution in [0.15, 0.2) is 18.3 Å². The third-order valence-corrected chi connectivity index (χ3v) is 3.70. The van der Waals surface area contributed by atoms with Crippen molar-refractivity contribution in [3.05, 3.63) is 29.6 Å². The van der Waals surface area contributed by atoms with E-state index < -0.39 is 5.97 Å². The third kappa shape index (κ3) is 3.29. The highest BCUT2D eigenvalue weighted by atomic mass is 16.4. The highest BCUT2D eigenvalue weighted by molar-refractivity contribution is 5.67. The highest BCUT2D eigenvalue weighted by Gasteiger charge is 2.23. The van der Waals surface area contributed by atoms with Gasteiger partial charge in [0.2, 0.25) is 0 Å². The number of nitrogens with zero attached hydrogens (tertiary/aromatic N) is 1. The standard InChI is InChI=1S/C14H19NO2/c1-10-8-13(6-7-15-10)12-4-2-11(3-5-12)9-14(16)17/h6-8,11-12H,2-5,9H2,1H3,(H,16,17). The van der Waals surface area contributed by atoms with Crippen LogP contribution in [0.4, 0.5) is 0 Å². The lowest BCUT2D eigenvalue weighted by atomic mass is 9.78. The Morgan fingerprint density at radius 3 is 2.71 bits per heavy atom. The zero-order valence-electron chi connectivity index (χ0n) is 10.2. The Hall–Kier alpha value is -1.38. The Morgan fingerprint density at radius 2 is 2.12 bits per heavy atom. The lowest BCUT2D eigenvalue weighted by Gasteiger charge is -2.27. The number of aryl methyl sites for hydroxylation is 1. The Bertz CT molecular complexity index is 395. The molecule has 1 N–H and O–H groups in total. The molecule has 1 aliphatic rings. The molecule has 0 bridgehead atoms. The molecule has 0 aromatic carbocycles. The van der Waals surface area contributed by atoms with Gasteiger partial charge in [-0.15, -0.1) is 0 Å². The van der Waals surface area contributed by atoms with Crippen LogP contribution in [0.3, 0.4) is 0 Å². The molecule has 3 heteroatoms. The monoisotopic (exact) mass is 233 g/mol. The number of carbonyl (C=O) groups is 1. The normalized spacial score (nSPS) is 24.5. The molecule has 1 heterocycles.